The molecule has 0 aliphatic carbocycles. The van der Waals surface area contributed by atoms with E-state index in [1.54, 1.807) is 39.8 Å². The number of nitrogens with zero attached hydrogens (tertiary/aromatic N) is 1. The number of alkyl carbamates (subject to hydrolysis) is 1. The molecule has 8 heteroatoms. The largest absolute Gasteiger partial charge is 0.508 e. The van der Waals surface area contributed by atoms with Crippen LogP contribution in [-0.4, -0.2) is 45.6 Å². The van der Waals surface area contributed by atoms with Gasteiger partial charge in [-0.15, -0.1) is 0 Å². The molecule has 0 aliphatic heterocycles. The number of aryl methyl sites for hydroxylation is 1. The van der Waals surface area contributed by atoms with E-state index in [1.165, 1.54) is 11.0 Å². The number of ether oxygens (including phenoxy) is 1. The third kappa shape index (κ3) is 7.25. The number of carbonyl (C=O) groups is 3. The number of fused-ring (bicyclic) bond motifs is 1. The minimum Gasteiger partial charge on any atom is -0.508 e. The van der Waals surface area contributed by atoms with E-state index in [9.17, 15) is 19.5 Å². The first-order chi connectivity index (χ1) is 17.7. The molecule has 3 aromatic rings. The van der Waals surface area contributed by atoms with Gasteiger partial charge < -0.3 is 25.4 Å². The zero-order valence-electron chi connectivity index (χ0n) is 23.1. The Labute approximate surface area is 224 Å². The Hall–Kier alpha value is -4.07. The summed E-state index contributed by atoms with van der Waals surface area (Å²) < 4.78 is 5.26. The van der Waals surface area contributed by atoms with Crippen LogP contribution in [0.5, 0.6) is 5.75 Å². The molecule has 0 radical (unpaired) electrons. The number of hydrogen-bond acceptors (Lipinski definition) is 5. The SMILES string of the molecule is Cc1cc(C(C(=O)Nc2ccc3ccccc3c2)N(C(=O)CNC(=O)OC(C)(C)C)C(C)(C)C)ccc1O. The van der Waals surface area contributed by atoms with Crippen LogP contribution in [0.3, 0.4) is 0 Å². The molecule has 0 saturated carbocycles. The highest BCUT2D eigenvalue weighted by Crippen LogP contribution is 2.32. The molecule has 8 nitrogen and oxygen atoms in total. The fourth-order valence-electron chi connectivity index (χ4n) is 4.20. The molecule has 3 aromatic carbocycles. The number of rotatable bonds is 6. The van der Waals surface area contributed by atoms with E-state index in [-0.39, 0.29) is 12.3 Å². The van der Waals surface area contributed by atoms with Gasteiger partial charge in [-0.3, -0.25) is 9.59 Å². The van der Waals surface area contributed by atoms with Gasteiger partial charge >= 0.3 is 6.09 Å². The molecule has 1 unspecified atom stereocenters. The Kier molecular flexibility index (Phi) is 8.35. The van der Waals surface area contributed by atoms with Crippen molar-refractivity contribution < 1.29 is 24.2 Å². The lowest BCUT2D eigenvalue weighted by Crippen LogP contribution is -2.54. The van der Waals surface area contributed by atoms with E-state index in [1.807, 2.05) is 63.2 Å². The Balaban J connectivity index is 1.98. The van der Waals surface area contributed by atoms with Crippen molar-refractivity contribution in [3.63, 3.8) is 0 Å². The number of aromatic hydroxyl groups is 1. The van der Waals surface area contributed by atoms with Crippen LogP contribution in [-0.2, 0) is 14.3 Å². The average Bonchev–Trinajstić information content (AvgIpc) is 2.80. The fraction of sp³-hybridized carbons (Fsp3) is 0.367. The maximum absolute atomic E-state index is 13.9. The molecule has 0 saturated heterocycles. The zero-order chi connectivity index (χ0) is 28.3. The summed E-state index contributed by atoms with van der Waals surface area (Å²) in [6, 6.07) is 17.2. The number of nitrogens with one attached hydrogen (secondary N) is 2. The first kappa shape index (κ1) is 28.5. The molecule has 0 spiro atoms. The van der Waals surface area contributed by atoms with Crippen LogP contribution in [0.15, 0.2) is 60.7 Å². The minimum absolute atomic E-state index is 0.0858. The summed E-state index contributed by atoms with van der Waals surface area (Å²) >= 11 is 0. The molecule has 38 heavy (non-hydrogen) atoms. The van der Waals surface area contributed by atoms with Gasteiger partial charge in [0.25, 0.3) is 5.91 Å². The number of carbonyl (C=O) groups excluding carboxylic acids is 3. The van der Waals surface area contributed by atoms with Gasteiger partial charge in [0, 0.05) is 11.2 Å². The summed E-state index contributed by atoms with van der Waals surface area (Å²) in [6.07, 6.45) is -0.725. The summed E-state index contributed by atoms with van der Waals surface area (Å²) in [6.45, 7) is 12.0. The van der Waals surface area contributed by atoms with Gasteiger partial charge in [-0.2, -0.15) is 0 Å². The van der Waals surface area contributed by atoms with E-state index in [2.05, 4.69) is 10.6 Å². The lowest BCUT2D eigenvalue weighted by Gasteiger charge is -2.41. The molecule has 202 valence electrons. The molecular formula is C30H37N3O5. The number of anilines is 1. The second-order valence-corrected chi connectivity index (χ2v) is 11.3. The number of phenols is 1. The van der Waals surface area contributed by atoms with Crippen LogP contribution >= 0.6 is 0 Å². The van der Waals surface area contributed by atoms with Crippen molar-refractivity contribution in [2.24, 2.45) is 0 Å². The van der Waals surface area contributed by atoms with Gasteiger partial charge in [-0.1, -0.05) is 36.4 Å². The Morgan fingerprint density at radius 1 is 0.921 bits per heavy atom. The zero-order valence-corrected chi connectivity index (χ0v) is 23.1. The predicted octanol–water partition coefficient (Wildman–Crippen LogP) is 5.69. The van der Waals surface area contributed by atoms with Crippen molar-refractivity contribution in [2.45, 2.75) is 65.6 Å². The van der Waals surface area contributed by atoms with Crippen LogP contribution in [0.2, 0.25) is 0 Å². The third-order valence-electron chi connectivity index (χ3n) is 5.83. The summed E-state index contributed by atoms with van der Waals surface area (Å²) in [5.74, 6) is -0.804. The first-order valence-electron chi connectivity index (χ1n) is 12.5. The van der Waals surface area contributed by atoms with E-state index in [0.717, 1.165) is 10.8 Å². The summed E-state index contributed by atoms with van der Waals surface area (Å²) in [4.78, 5) is 41.1. The van der Waals surface area contributed by atoms with Crippen molar-refractivity contribution in [3.8, 4) is 5.75 Å². The topological polar surface area (TPSA) is 108 Å². The lowest BCUT2D eigenvalue weighted by molar-refractivity contribution is -0.144. The fourth-order valence-corrected chi connectivity index (χ4v) is 4.20. The predicted molar refractivity (Wildman–Crippen MR) is 149 cm³/mol. The lowest BCUT2D eigenvalue weighted by atomic mass is 9.95. The normalized spacial score (nSPS) is 12.5. The molecule has 0 heterocycles. The number of amides is 3. The van der Waals surface area contributed by atoms with Gasteiger partial charge in [0.05, 0.1) is 0 Å². The average molecular weight is 520 g/mol. The highest BCUT2D eigenvalue weighted by molar-refractivity contribution is 6.00. The van der Waals surface area contributed by atoms with Gasteiger partial charge in [-0.05, 0) is 94.6 Å². The molecule has 0 aliphatic rings. The molecular weight excluding hydrogens is 482 g/mol. The first-order valence-corrected chi connectivity index (χ1v) is 12.5. The minimum atomic E-state index is -1.05. The second kappa shape index (κ2) is 11.1. The van der Waals surface area contributed by atoms with Crippen LogP contribution in [0.1, 0.15) is 58.7 Å². The van der Waals surface area contributed by atoms with Crippen molar-refractivity contribution >= 4 is 34.4 Å². The molecule has 0 aromatic heterocycles. The summed E-state index contributed by atoms with van der Waals surface area (Å²) in [7, 11) is 0. The molecule has 1 atom stereocenters. The number of phenolic OH excluding ortho intramolecular Hbond substituents is 1. The van der Waals surface area contributed by atoms with Crippen LogP contribution in [0.4, 0.5) is 10.5 Å². The van der Waals surface area contributed by atoms with Gasteiger partial charge in [0.2, 0.25) is 5.91 Å². The Morgan fingerprint density at radius 2 is 1.58 bits per heavy atom. The Morgan fingerprint density at radius 3 is 2.18 bits per heavy atom. The highest BCUT2D eigenvalue weighted by atomic mass is 16.6. The smallest absolute Gasteiger partial charge is 0.408 e. The number of hydrogen-bond donors (Lipinski definition) is 3. The van der Waals surface area contributed by atoms with Crippen LogP contribution < -0.4 is 10.6 Å². The van der Waals surface area contributed by atoms with Crippen LogP contribution in [0, 0.1) is 6.92 Å². The van der Waals surface area contributed by atoms with E-state index in [0.29, 0.717) is 16.8 Å². The summed E-state index contributed by atoms with van der Waals surface area (Å²) in [5, 5.41) is 17.6. The molecule has 3 rings (SSSR count). The molecule has 3 N–H and O–H groups in total. The van der Waals surface area contributed by atoms with Crippen molar-refractivity contribution in [2.75, 3.05) is 11.9 Å². The molecule has 0 fully saturated rings. The van der Waals surface area contributed by atoms with E-state index in [4.69, 9.17) is 4.74 Å². The maximum Gasteiger partial charge on any atom is 0.408 e. The van der Waals surface area contributed by atoms with Gasteiger partial charge in [0.1, 0.15) is 23.9 Å². The van der Waals surface area contributed by atoms with Crippen molar-refractivity contribution in [3.05, 3.63) is 71.8 Å². The van der Waals surface area contributed by atoms with Crippen molar-refractivity contribution in [1.82, 2.24) is 10.2 Å². The van der Waals surface area contributed by atoms with E-state index >= 15 is 0 Å². The molecule has 0 bridgehead atoms. The monoisotopic (exact) mass is 519 g/mol. The van der Waals surface area contributed by atoms with E-state index < -0.39 is 35.1 Å². The van der Waals surface area contributed by atoms with Crippen LogP contribution in [0.25, 0.3) is 10.8 Å². The quantitative estimate of drug-likeness (QED) is 0.388. The molecule has 3 amide bonds. The Bertz CT molecular complexity index is 1340. The summed E-state index contributed by atoms with van der Waals surface area (Å²) in [5.41, 5.74) is 0.160. The standard InChI is InChI=1S/C30H37N3O5/c1-19-16-22(13-15-24(19)34)26(27(36)32-23-14-12-20-10-8-9-11-21(20)17-23)33(29(2,3)4)25(35)18-31-28(37)38-30(5,6)7/h8-17,26,34H,18H2,1-7H3,(H,31,37)(H,32,36). The third-order valence-corrected chi connectivity index (χ3v) is 5.83. The van der Waals surface area contributed by atoms with Crippen molar-refractivity contribution in [1.29, 1.82) is 0 Å². The highest BCUT2D eigenvalue weighted by Gasteiger charge is 2.39. The van der Waals surface area contributed by atoms with Gasteiger partial charge in [0.15, 0.2) is 0 Å². The maximum atomic E-state index is 13.9. The second-order valence-electron chi connectivity index (χ2n) is 11.3. The van der Waals surface area contributed by atoms with Gasteiger partial charge in [-0.25, -0.2) is 4.79 Å². The number of benzene rings is 3.